The van der Waals surface area contributed by atoms with Crippen molar-refractivity contribution in [2.24, 2.45) is 5.92 Å². The molecule has 0 aliphatic rings. The molecule has 0 heterocycles. The van der Waals surface area contributed by atoms with Crippen molar-refractivity contribution >= 4 is 50.7 Å². The first-order valence-corrected chi connectivity index (χ1v) is 17.3. The quantitative estimate of drug-likeness (QED) is 0.162. The van der Waals surface area contributed by atoms with Gasteiger partial charge in [0.05, 0.1) is 10.6 Å². The van der Waals surface area contributed by atoms with E-state index in [1.807, 2.05) is 57.2 Å². The summed E-state index contributed by atoms with van der Waals surface area (Å²) in [6.45, 7) is 7.43. The molecule has 0 saturated heterocycles. The van der Waals surface area contributed by atoms with Crippen molar-refractivity contribution in [3.8, 4) is 0 Å². The normalized spacial score (nSPS) is 12.1. The second-order valence-corrected chi connectivity index (χ2v) is 14.4. The Labute approximate surface area is 282 Å². The summed E-state index contributed by atoms with van der Waals surface area (Å²) in [5, 5.41) is 3.83. The smallest absolute Gasteiger partial charge is 0.264 e. The maximum Gasteiger partial charge on any atom is 0.264 e. The van der Waals surface area contributed by atoms with Crippen molar-refractivity contribution in [1.82, 2.24) is 10.2 Å². The summed E-state index contributed by atoms with van der Waals surface area (Å²) in [6, 6.07) is 26.9. The van der Waals surface area contributed by atoms with E-state index in [4.69, 9.17) is 23.2 Å². The van der Waals surface area contributed by atoms with Gasteiger partial charge in [0.25, 0.3) is 10.0 Å². The lowest BCUT2D eigenvalue weighted by atomic mass is 10.0. The van der Waals surface area contributed by atoms with Crippen LogP contribution in [0, 0.1) is 19.8 Å². The van der Waals surface area contributed by atoms with Gasteiger partial charge >= 0.3 is 0 Å². The van der Waals surface area contributed by atoms with Gasteiger partial charge in [-0.1, -0.05) is 103 Å². The number of benzene rings is 4. The number of aryl methyl sites for hydroxylation is 1. The Morgan fingerprint density at radius 2 is 1.48 bits per heavy atom. The lowest BCUT2D eigenvalue weighted by molar-refractivity contribution is -0.140. The number of anilines is 1. The molecular formula is C36H39Cl2N3O4S. The molecule has 0 spiro atoms. The molecule has 4 rings (SSSR count). The number of nitrogens with one attached hydrogen (secondary N) is 1. The Kier molecular flexibility index (Phi) is 11.9. The average Bonchev–Trinajstić information content (AvgIpc) is 3.02. The van der Waals surface area contributed by atoms with E-state index in [9.17, 15) is 18.0 Å². The van der Waals surface area contributed by atoms with E-state index < -0.39 is 28.5 Å². The van der Waals surface area contributed by atoms with E-state index in [1.54, 1.807) is 55.5 Å². The van der Waals surface area contributed by atoms with Gasteiger partial charge in [0.2, 0.25) is 11.8 Å². The molecule has 242 valence electrons. The van der Waals surface area contributed by atoms with Gasteiger partial charge in [0.1, 0.15) is 12.6 Å². The number of hydrogen-bond donors (Lipinski definition) is 1. The van der Waals surface area contributed by atoms with Crippen molar-refractivity contribution in [2.75, 3.05) is 17.4 Å². The van der Waals surface area contributed by atoms with Crippen LogP contribution in [-0.2, 0) is 32.6 Å². The van der Waals surface area contributed by atoms with Crippen LogP contribution in [0.25, 0.3) is 0 Å². The highest BCUT2D eigenvalue weighted by Crippen LogP contribution is 2.31. The van der Waals surface area contributed by atoms with Crippen LogP contribution in [0.5, 0.6) is 0 Å². The average molecular weight is 681 g/mol. The van der Waals surface area contributed by atoms with Crippen LogP contribution in [0.4, 0.5) is 5.69 Å². The minimum Gasteiger partial charge on any atom is -0.354 e. The van der Waals surface area contributed by atoms with Gasteiger partial charge in [-0.15, -0.1) is 0 Å². The molecule has 0 saturated carbocycles. The van der Waals surface area contributed by atoms with Gasteiger partial charge in [-0.2, -0.15) is 0 Å². The Morgan fingerprint density at radius 3 is 2.13 bits per heavy atom. The molecule has 0 aliphatic carbocycles. The molecular weight excluding hydrogens is 641 g/mol. The highest BCUT2D eigenvalue weighted by molar-refractivity contribution is 7.92. The van der Waals surface area contributed by atoms with Crippen LogP contribution in [0.15, 0.2) is 102 Å². The molecule has 1 unspecified atom stereocenters. The van der Waals surface area contributed by atoms with Crippen LogP contribution in [0.3, 0.4) is 0 Å². The summed E-state index contributed by atoms with van der Waals surface area (Å²) in [5.41, 5.74) is 3.22. The molecule has 10 heteroatoms. The first-order valence-electron chi connectivity index (χ1n) is 15.1. The number of hydrogen-bond acceptors (Lipinski definition) is 4. The van der Waals surface area contributed by atoms with Crippen LogP contribution in [0.1, 0.15) is 36.1 Å². The summed E-state index contributed by atoms with van der Waals surface area (Å²) in [6.07, 6.45) is 0.220. The molecule has 4 aromatic carbocycles. The predicted octanol–water partition coefficient (Wildman–Crippen LogP) is 7.22. The van der Waals surface area contributed by atoms with E-state index in [1.165, 1.54) is 17.0 Å². The zero-order valence-corrected chi connectivity index (χ0v) is 28.7. The SMILES string of the molecule is Cc1ccc(S(=O)(=O)N(CC(=O)N(Cc2cccc(Cl)c2)C(Cc2ccccc2)C(=O)NCC(C)C)c2cccc(Cl)c2C)cc1. The van der Waals surface area contributed by atoms with E-state index in [2.05, 4.69) is 5.32 Å². The molecule has 4 aromatic rings. The molecule has 7 nitrogen and oxygen atoms in total. The standard InChI is InChI=1S/C36H39Cl2N3O4S/c1-25(2)22-39-36(43)34(21-28-10-6-5-7-11-28)40(23-29-12-8-13-30(37)20-29)35(42)24-41(33-15-9-14-32(38)27(33)4)46(44,45)31-18-16-26(3)17-19-31/h5-20,25,34H,21-24H2,1-4H3,(H,39,43). The number of rotatable bonds is 13. The summed E-state index contributed by atoms with van der Waals surface area (Å²) in [4.78, 5) is 30.0. The minimum atomic E-state index is -4.24. The maximum absolute atomic E-state index is 14.6. The third-order valence-corrected chi connectivity index (χ3v) is 10.0. The number of halogens is 2. The van der Waals surface area contributed by atoms with Crippen LogP contribution in [-0.4, -0.2) is 44.3 Å². The maximum atomic E-state index is 14.6. The van der Waals surface area contributed by atoms with Crippen molar-refractivity contribution in [3.63, 3.8) is 0 Å². The molecule has 0 bridgehead atoms. The Balaban J connectivity index is 1.83. The minimum absolute atomic E-state index is 0.0267. The second kappa shape index (κ2) is 15.6. The van der Waals surface area contributed by atoms with Gasteiger partial charge in [0, 0.05) is 29.6 Å². The Hall–Kier alpha value is -3.85. The van der Waals surface area contributed by atoms with Crippen LogP contribution in [0.2, 0.25) is 10.0 Å². The number of nitrogens with zero attached hydrogens (tertiary/aromatic N) is 2. The number of carbonyl (C=O) groups is 2. The molecule has 2 amide bonds. The summed E-state index contributed by atoms with van der Waals surface area (Å²) < 4.78 is 29.6. The molecule has 1 N–H and O–H groups in total. The van der Waals surface area contributed by atoms with Crippen molar-refractivity contribution in [1.29, 1.82) is 0 Å². The molecule has 0 aromatic heterocycles. The zero-order valence-electron chi connectivity index (χ0n) is 26.4. The highest BCUT2D eigenvalue weighted by atomic mass is 35.5. The number of amides is 2. The molecule has 1 atom stereocenters. The third kappa shape index (κ3) is 8.90. The van der Waals surface area contributed by atoms with Gasteiger partial charge < -0.3 is 10.2 Å². The van der Waals surface area contributed by atoms with Gasteiger partial charge in [-0.25, -0.2) is 8.42 Å². The summed E-state index contributed by atoms with van der Waals surface area (Å²) in [5.74, 6) is -0.713. The fraction of sp³-hybridized carbons (Fsp3) is 0.278. The van der Waals surface area contributed by atoms with Crippen LogP contribution >= 0.6 is 23.2 Å². The molecule has 0 fully saturated rings. The van der Waals surface area contributed by atoms with Gasteiger partial charge in [0.15, 0.2) is 0 Å². The first kappa shape index (κ1) is 35.0. The molecule has 46 heavy (non-hydrogen) atoms. The monoisotopic (exact) mass is 679 g/mol. The summed E-state index contributed by atoms with van der Waals surface area (Å²) >= 11 is 12.8. The largest absolute Gasteiger partial charge is 0.354 e. The lowest BCUT2D eigenvalue weighted by Crippen LogP contribution is -2.53. The Morgan fingerprint density at radius 1 is 0.826 bits per heavy atom. The van der Waals surface area contributed by atoms with Crippen LogP contribution < -0.4 is 9.62 Å². The number of carbonyl (C=O) groups excluding carboxylic acids is 2. The van der Waals surface area contributed by atoms with Crippen molar-refractivity contribution in [3.05, 3.63) is 129 Å². The van der Waals surface area contributed by atoms with Crippen molar-refractivity contribution < 1.29 is 18.0 Å². The fourth-order valence-corrected chi connectivity index (χ4v) is 6.88. The summed E-state index contributed by atoms with van der Waals surface area (Å²) in [7, 11) is -4.24. The third-order valence-electron chi connectivity index (χ3n) is 7.59. The fourth-order valence-electron chi connectivity index (χ4n) is 5.03. The van der Waals surface area contributed by atoms with Crippen molar-refractivity contribution in [2.45, 2.75) is 51.6 Å². The Bertz CT molecular complexity index is 1760. The lowest BCUT2D eigenvalue weighted by Gasteiger charge is -2.34. The molecule has 0 aliphatic heterocycles. The second-order valence-electron chi connectivity index (χ2n) is 11.7. The molecule has 0 radical (unpaired) electrons. The van der Waals surface area contributed by atoms with E-state index in [0.29, 0.717) is 27.7 Å². The van der Waals surface area contributed by atoms with E-state index in [0.717, 1.165) is 15.4 Å². The zero-order chi connectivity index (χ0) is 33.4. The van der Waals surface area contributed by atoms with Gasteiger partial charge in [-0.3, -0.25) is 13.9 Å². The first-order chi connectivity index (χ1) is 21.9. The topological polar surface area (TPSA) is 86.8 Å². The predicted molar refractivity (Wildman–Crippen MR) is 186 cm³/mol. The highest BCUT2D eigenvalue weighted by Gasteiger charge is 2.35. The van der Waals surface area contributed by atoms with Gasteiger partial charge in [-0.05, 0) is 72.9 Å². The van der Waals surface area contributed by atoms with E-state index >= 15 is 0 Å². The van der Waals surface area contributed by atoms with E-state index in [-0.39, 0.29) is 35.4 Å². The number of sulfonamides is 1.